The highest BCUT2D eigenvalue weighted by Crippen LogP contribution is 2.14. The van der Waals surface area contributed by atoms with Crippen LogP contribution in [0.15, 0.2) is 24.3 Å². The van der Waals surface area contributed by atoms with Crippen LogP contribution in [-0.2, 0) is 0 Å². The van der Waals surface area contributed by atoms with Crippen molar-refractivity contribution in [2.24, 2.45) is 0 Å². The van der Waals surface area contributed by atoms with Crippen LogP contribution in [0.25, 0.3) is 0 Å². The van der Waals surface area contributed by atoms with Crippen LogP contribution in [0.3, 0.4) is 0 Å². The van der Waals surface area contributed by atoms with Crippen molar-refractivity contribution >= 4 is 18.4 Å². The van der Waals surface area contributed by atoms with E-state index in [4.69, 9.17) is 5.11 Å². The molecule has 16 heavy (non-hydrogen) atoms. The fraction of sp³-hybridized carbons (Fsp3) is 0.364. The van der Waals surface area contributed by atoms with Crippen molar-refractivity contribution in [3.05, 3.63) is 35.4 Å². The number of rotatable bonds is 2. The normalized spacial score (nSPS) is 19.9. The van der Waals surface area contributed by atoms with Gasteiger partial charge in [0.1, 0.15) is 0 Å². The molecule has 0 spiro atoms. The number of halogens is 1. The molecule has 1 aromatic carbocycles. The molecule has 0 radical (unpaired) electrons. The van der Waals surface area contributed by atoms with Crippen LogP contribution in [-0.4, -0.2) is 30.7 Å². The van der Waals surface area contributed by atoms with E-state index in [-0.39, 0.29) is 12.4 Å². The molecule has 5 heteroatoms. The molecule has 4 nitrogen and oxygen atoms in total. The van der Waals surface area contributed by atoms with Gasteiger partial charge in [-0.25, -0.2) is 4.79 Å². The van der Waals surface area contributed by atoms with Crippen molar-refractivity contribution in [3.63, 3.8) is 0 Å². The molecule has 0 bridgehead atoms. The zero-order valence-electron chi connectivity index (χ0n) is 8.77. The molecule has 0 unspecified atom stereocenters. The fourth-order valence-corrected chi connectivity index (χ4v) is 1.75. The van der Waals surface area contributed by atoms with Gasteiger partial charge < -0.3 is 15.7 Å². The van der Waals surface area contributed by atoms with Crippen molar-refractivity contribution in [2.75, 3.05) is 19.6 Å². The Hall–Kier alpha value is -1.10. The van der Waals surface area contributed by atoms with Crippen molar-refractivity contribution in [2.45, 2.75) is 6.04 Å². The Morgan fingerprint density at radius 2 is 1.94 bits per heavy atom. The molecule has 0 amide bonds. The minimum absolute atomic E-state index is 0. The lowest BCUT2D eigenvalue weighted by molar-refractivity contribution is 0.0697. The van der Waals surface area contributed by atoms with E-state index >= 15 is 0 Å². The third-order valence-electron chi connectivity index (χ3n) is 2.60. The van der Waals surface area contributed by atoms with E-state index in [2.05, 4.69) is 10.6 Å². The van der Waals surface area contributed by atoms with E-state index in [1.54, 1.807) is 12.1 Å². The Kier molecular flexibility index (Phi) is 4.73. The zero-order chi connectivity index (χ0) is 10.7. The molecule has 0 aliphatic carbocycles. The number of benzene rings is 1. The summed E-state index contributed by atoms with van der Waals surface area (Å²) >= 11 is 0. The van der Waals surface area contributed by atoms with Crippen LogP contribution in [0, 0.1) is 0 Å². The summed E-state index contributed by atoms with van der Waals surface area (Å²) < 4.78 is 0. The van der Waals surface area contributed by atoms with E-state index in [9.17, 15) is 4.79 Å². The van der Waals surface area contributed by atoms with Gasteiger partial charge in [0.15, 0.2) is 0 Å². The Labute approximate surface area is 100 Å². The highest BCUT2D eigenvalue weighted by atomic mass is 35.5. The summed E-state index contributed by atoms with van der Waals surface area (Å²) in [4.78, 5) is 10.7. The molecular weight excluding hydrogens is 228 g/mol. The largest absolute Gasteiger partial charge is 0.478 e. The van der Waals surface area contributed by atoms with Crippen LogP contribution in [0.1, 0.15) is 22.0 Å². The summed E-state index contributed by atoms with van der Waals surface area (Å²) in [5.74, 6) is -0.878. The first kappa shape index (κ1) is 13.0. The van der Waals surface area contributed by atoms with Crippen LogP contribution in [0.4, 0.5) is 0 Å². The predicted molar refractivity (Wildman–Crippen MR) is 64.3 cm³/mol. The van der Waals surface area contributed by atoms with Gasteiger partial charge >= 0.3 is 5.97 Å². The molecule has 1 fully saturated rings. The first-order valence-electron chi connectivity index (χ1n) is 5.05. The average Bonchev–Trinajstić information content (AvgIpc) is 2.30. The molecule has 1 aliphatic heterocycles. The molecule has 88 valence electrons. The van der Waals surface area contributed by atoms with Crippen LogP contribution in [0.2, 0.25) is 0 Å². The number of nitrogens with one attached hydrogen (secondary N) is 2. The summed E-state index contributed by atoms with van der Waals surface area (Å²) in [5, 5.41) is 15.4. The number of hydrogen-bond acceptors (Lipinski definition) is 3. The maximum atomic E-state index is 10.7. The highest BCUT2D eigenvalue weighted by Gasteiger charge is 2.14. The quantitative estimate of drug-likeness (QED) is 0.725. The summed E-state index contributed by atoms with van der Waals surface area (Å²) in [6.45, 7) is 2.83. The van der Waals surface area contributed by atoms with E-state index in [0.29, 0.717) is 11.6 Å². The van der Waals surface area contributed by atoms with E-state index in [0.717, 1.165) is 25.2 Å². The maximum Gasteiger partial charge on any atom is 0.335 e. The maximum absolute atomic E-state index is 10.7. The molecule has 1 heterocycles. The molecule has 1 aromatic rings. The average molecular weight is 243 g/mol. The highest BCUT2D eigenvalue weighted by molar-refractivity contribution is 5.87. The van der Waals surface area contributed by atoms with Gasteiger partial charge in [0, 0.05) is 25.7 Å². The third kappa shape index (κ3) is 2.95. The van der Waals surface area contributed by atoms with Crippen LogP contribution < -0.4 is 10.6 Å². The number of carboxylic acids is 1. The molecular formula is C11H15ClN2O2. The van der Waals surface area contributed by atoms with Gasteiger partial charge in [0.2, 0.25) is 0 Å². The Morgan fingerprint density at radius 3 is 2.44 bits per heavy atom. The van der Waals surface area contributed by atoms with Gasteiger partial charge in [0.05, 0.1) is 5.56 Å². The molecule has 0 aromatic heterocycles. The van der Waals surface area contributed by atoms with Gasteiger partial charge in [0.25, 0.3) is 0 Å². The molecule has 1 saturated heterocycles. The van der Waals surface area contributed by atoms with E-state index < -0.39 is 5.97 Å². The van der Waals surface area contributed by atoms with Gasteiger partial charge in [-0.1, -0.05) is 12.1 Å². The fourth-order valence-electron chi connectivity index (χ4n) is 1.75. The summed E-state index contributed by atoms with van der Waals surface area (Å²) in [5.41, 5.74) is 1.47. The molecule has 1 aliphatic rings. The second kappa shape index (κ2) is 5.84. The molecule has 0 saturated carbocycles. The van der Waals surface area contributed by atoms with Crippen molar-refractivity contribution in [1.82, 2.24) is 10.6 Å². The van der Waals surface area contributed by atoms with Gasteiger partial charge in [-0.2, -0.15) is 0 Å². The predicted octanol–water partition coefficient (Wildman–Crippen LogP) is 1.04. The lowest BCUT2D eigenvalue weighted by Gasteiger charge is -2.24. The van der Waals surface area contributed by atoms with E-state index in [1.165, 1.54) is 0 Å². The first-order chi connectivity index (χ1) is 7.27. The number of piperazine rings is 1. The first-order valence-corrected chi connectivity index (χ1v) is 5.05. The second-order valence-electron chi connectivity index (χ2n) is 3.64. The van der Waals surface area contributed by atoms with Gasteiger partial charge in [-0.3, -0.25) is 0 Å². The zero-order valence-corrected chi connectivity index (χ0v) is 9.59. The van der Waals surface area contributed by atoms with E-state index in [1.807, 2.05) is 12.1 Å². The van der Waals surface area contributed by atoms with Crippen LogP contribution in [0.5, 0.6) is 0 Å². The minimum atomic E-state index is -0.878. The van der Waals surface area contributed by atoms with Crippen molar-refractivity contribution in [3.8, 4) is 0 Å². The number of carbonyl (C=O) groups is 1. The standard InChI is InChI=1S/C11H14N2O2.ClH/c14-11(15)9-3-1-8(2-4-9)10-7-12-5-6-13-10;/h1-4,10,12-13H,5-7H2,(H,14,15);1H/t10-;/m1./s1. The molecule has 2 rings (SSSR count). The number of carboxylic acid groups (broad SMARTS) is 1. The Morgan fingerprint density at radius 1 is 1.25 bits per heavy atom. The molecule has 1 atom stereocenters. The smallest absolute Gasteiger partial charge is 0.335 e. The number of aromatic carboxylic acids is 1. The SMILES string of the molecule is Cl.O=C(O)c1ccc([C@H]2CNCCN2)cc1. The van der Waals surface area contributed by atoms with Crippen LogP contribution >= 0.6 is 12.4 Å². The topological polar surface area (TPSA) is 61.4 Å². The van der Waals surface area contributed by atoms with Crippen molar-refractivity contribution in [1.29, 1.82) is 0 Å². The Balaban J connectivity index is 0.00000128. The third-order valence-corrected chi connectivity index (χ3v) is 2.60. The number of hydrogen-bond donors (Lipinski definition) is 3. The van der Waals surface area contributed by atoms with Gasteiger partial charge in [-0.05, 0) is 17.7 Å². The monoisotopic (exact) mass is 242 g/mol. The Bertz CT molecular complexity index is 348. The molecule has 3 N–H and O–H groups in total. The van der Waals surface area contributed by atoms with Gasteiger partial charge in [-0.15, -0.1) is 12.4 Å². The minimum Gasteiger partial charge on any atom is -0.478 e. The summed E-state index contributed by atoms with van der Waals surface area (Å²) in [7, 11) is 0. The van der Waals surface area contributed by atoms with Crippen molar-refractivity contribution < 1.29 is 9.90 Å². The lowest BCUT2D eigenvalue weighted by atomic mass is 10.0. The second-order valence-corrected chi connectivity index (χ2v) is 3.64. The lowest BCUT2D eigenvalue weighted by Crippen LogP contribution is -2.42. The summed E-state index contributed by atoms with van der Waals surface area (Å²) in [6.07, 6.45) is 0. The summed E-state index contributed by atoms with van der Waals surface area (Å²) in [6, 6.07) is 7.33.